The van der Waals surface area contributed by atoms with Gasteiger partial charge in [0.05, 0.1) is 4.92 Å². The highest BCUT2D eigenvalue weighted by molar-refractivity contribution is 7.89. The van der Waals surface area contributed by atoms with Gasteiger partial charge in [-0.25, -0.2) is 13.4 Å². The average Bonchev–Trinajstić information content (AvgIpc) is 2.40. The smallest absolute Gasteiger partial charge is 0.287 e. The number of rotatable bonds is 3. The van der Waals surface area contributed by atoms with Crippen LogP contribution in [0.15, 0.2) is 23.4 Å². The Morgan fingerprint density at radius 1 is 1.32 bits per heavy atom. The molecule has 10 heteroatoms. The second-order valence-electron chi connectivity index (χ2n) is 3.77. The van der Waals surface area contributed by atoms with Crippen molar-refractivity contribution >= 4 is 28.1 Å². The molecule has 1 N–H and O–H groups in total. The zero-order valence-corrected chi connectivity index (χ0v) is 11.5. The van der Waals surface area contributed by atoms with Crippen LogP contribution in [0.3, 0.4) is 0 Å². The van der Waals surface area contributed by atoms with Crippen molar-refractivity contribution in [3.8, 4) is 0 Å². The van der Waals surface area contributed by atoms with Gasteiger partial charge in [-0.15, -0.1) is 12.4 Å². The predicted octanol–water partition coefficient (Wildman–Crippen LogP) is 0.00550. The first kappa shape index (κ1) is 15.8. The average molecular weight is 309 g/mol. The molecule has 2 rings (SSSR count). The van der Waals surface area contributed by atoms with E-state index < -0.39 is 14.9 Å². The molecule has 0 radical (unpaired) electrons. The lowest BCUT2D eigenvalue weighted by Crippen LogP contribution is -2.46. The number of hydrogen-bond acceptors (Lipinski definition) is 6. The number of nitrogens with zero attached hydrogens (tertiary/aromatic N) is 3. The van der Waals surface area contributed by atoms with E-state index in [1.807, 2.05) is 0 Å². The zero-order valence-electron chi connectivity index (χ0n) is 9.85. The zero-order chi connectivity index (χ0) is 13.2. The van der Waals surface area contributed by atoms with Gasteiger partial charge in [-0.1, -0.05) is 0 Å². The van der Waals surface area contributed by atoms with E-state index in [1.54, 1.807) is 0 Å². The molecular formula is C9H13ClN4O4S. The Bertz CT molecular complexity index is 542. The maximum Gasteiger partial charge on any atom is 0.287 e. The van der Waals surface area contributed by atoms with Gasteiger partial charge < -0.3 is 5.32 Å². The third-order valence-corrected chi connectivity index (χ3v) is 4.43. The number of halogens is 1. The molecule has 1 aliphatic heterocycles. The Balaban J connectivity index is 0.00000180. The van der Waals surface area contributed by atoms with Gasteiger partial charge in [0.2, 0.25) is 0 Å². The van der Waals surface area contributed by atoms with Gasteiger partial charge in [0, 0.05) is 32.2 Å². The molecule has 1 aromatic heterocycles. The van der Waals surface area contributed by atoms with E-state index in [4.69, 9.17) is 0 Å². The van der Waals surface area contributed by atoms with Crippen LogP contribution in [0, 0.1) is 10.1 Å². The fraction of sp³-hybridized carbons (Fsp3) is 0.444. The Morgan fingerprint density at radius 2 is 1.95 bits per heavy atom. The van der Waals surface area contributed by atoms with E-state index >= 15 is 0 Å². The lowest BCUT2D eigenvalue weighted by molar-refractivity contribution is -0.385. The molecule has 1 saturated heterocycles. The SMILES string of the molecule is Cl.O=[N+]([O-])c1ccc(S(=O)(=O)N2CCNCC2)nc1. The summed E-state index contributed by atoms with van der Waals surface area (Å²) in [5.41, 5.74) is -0.228. The molecule has 0 unspecified atom stereocenters. The fourth-order valence-corrected chi connectivity index (χ4v) is 3.00. The Morgan fingerprint density at radius 3 is 2.42 bits per heavy atom. The van der Waals surface area contributed by atoms with Crippen LogP contribution < -0.4 is 5.32 Å². The van der Waals surface area contributed by atoms with Crippen LogP contribution in [0.2, 0.25) is 0 Å². The van der Waals surface area contributed by atoms with E-state index in [1.165, 1.54) is 4.31 Å². The molecule has 0 amide bonds. The van der Waals surface area contributed by atoms with Crippen LogP contribution >= 0.6 is 12.4 Å². The molecule has 19 heavy (non-hydrogen) atoms. The van der Waals surface area contributed by atoms with Crippen molar-refractivity contribution in [2.75, 3.05) is 26.2 Å². The van der Waals surface area contributed by atoms with Crippen molar-refractivity contribution in [1.82, 2.24) is 14.6 Å². The van der Waals surface area contributed by atoms with Gasteiger partial charge in [-0.2, -0.15) is 4.31 Å². The summed E-state index contributed by atoms with van der Waals surface area (Å²) >= 11 is 0. The first-order valence-corrected chi connectivity index (χ1v) is 6.77. The Hall–Kier alpha value is -1.29. The van der Waals surface area contributed by atoms with E-state index in [9.17, 15) is 18.5 Å². The van der Waals surface area contributed by atoms with Gasteiger partial charge in [-0.05, 0) is 6.07 Å². The molecule has 1 aliphatic rings. The molecule has 0 saturated carbocycles. The van der Waals surface area contributed by atoms with Crippen molar-refractivity contribution in [2.24, 2.45) is 0 Å². The predicted molar refractivity (Wildman–Crippen MR) is 69.8 cm³/mol. The number of aromatic nitrogens is 1. The topological polar surface area (TPSA) is 105 Å². The summed E-state index contributed by atoms with van der Waals surface area (Å²) in [6.07, 6.45) is 0.953. The third kappa shape index (κ3) is 3.38. The molecule has 106 valence electrons. The number of hydrogen-bond donors (Lipinski definition) is 1. The van der Waals surface area contributed by atoms with Crippen LogP contribution in [-0.2, 0) is 10.0 Å². The quantitative estimate of drug-likeness (QED) is 0.622. The van der Waals surface area contributed by atoms with Crippen molar-refractivity contribution in [3.05, 3.63) is 28.4 Å². The standard InChI is InChI=1S/C9H12N4O4S.ClH/c14-13(15)8-1-2-9(11-7-8)18(16,17)12-5-3-10-4-6-12;/h1-2,7,10H,3-6H2;1H. The number of pyridine rings is 1. The van der Waals surface area contributed by atoms with Gasteiger partial charge in [0.25, 0.3) is 15.7 Å². The summed E-state index contributed by atoms with van der Waals surface area (Å²) in [7, 11) is -3.64. The highest BCUT2D eigenvalue weighted by atomic mass is 35.5. The summed E-state index contributed by atoms with van der Waals surface area (Å²) in [4.78, 5) is 13.5. The van der Waals surface area contributed by atoms with E-state index in [0.29, 0.717) is 26.2 Å². The van der Waals surface area contributed by atoms with E-state index in [0.717, 1.165) is 18.3 Å². The van der Waals surface area contributed by atoms with E-state index in [2.05, 4.69) is 10.3 Å². The maximum atomic E-state index is 12.1. The largest absolute Gasteiger partial charge is 0.314 e. The first-order valence-electron chi connectivity index (χ1n) is 5.33. The summed E-state index contributed by atoms with van der Waals surface area (Å²) < 4.78 is 25.6. The first-order chi connectivity index (χ1) is 8.51. The van der Waals surface area contributed by atoms with Crippen molar-refractivity contribution in [3.63, 3.8) is 0 Å². The lowest BCUT2D eigenvalue weighted by Gasteiger charge is -2.25. The highest BCUT2D eigenvalue weighted by Gasteiger charge is 2.27. The maximum absolute atomic E-state index is 12.1. The molecular weight excluding hydrogens is 296 g/mol. The molecule has 1 aromatic rings. The van der Waals surface area contributed by atoms with Crippen LogP contribution in [0.1, 0.15) is 0 Å². The minimum Gasteiger partial charge on any atom is -0.314 e. The Labute approximate surface area is 116 Å². The molecule has 0 aliphatic carbocycles. The van der Waals surface area contributed by atoms with Gasteiger partial charge >= 0.3 is 0 Å². The Kier molecular flexibility index (Phi) is 5.18. The van der Waals surface area contributed by atoms with Crippen LogP contribution in [0.25, 0.3) is 0 Å². The molecule has 0 bridgehead atoms. The fourth-order valence-electron chi connectivity index (χ4n) is 1.65. The summed E-state index contributed by atoms with van der Waals surface area (Å²) in [5.74, 6) is 0. The van der Waals surface area contributed by atoms with Crippen molar-refractivity contribution in [2.45, 2.75) is 5.03 Å². The van der Waals surface area contributed by atoms with E-state index in [-0.39, 0.29) is 23.1 Å². The van der Waals surface area contributed by atoms with Crippen molar-refractivity contribution in [1.29, 1.82) is 0 Å². The molecule has 0 atom stereocenters. The van der Waals surface area contributed by atoms with Crippen LogP contribution in [0.4, 0.5) is 5.69 Å². The van der Waals surface area contributed by atoms with Crippen LogP contribution in [0.5, 0.6) is 0 Å². The molecule has 8 nitrogen and oxygen atoms in total. The monoisotopic (exact) mass is 308 g/mol. The van der Waals surface area contributed by atoms with Gasteiger partial charge in [-0.3, -0.25) is 10.1 Å². The number of piperazine rings is 1. The summed E-state index contributed by atoms with van der Waals surface area (Å²) in [6.45, 7) is 1.93. The molecule has 2 heterocycles. The third-order valence-electron chi connectivity index (χ3n) is 2.61. The summed E-state index contributed by atoms with van der Waals surface area (Å²) in [6, 6.07) is 2.30. The lowest BCUT2D eigenvalue weighted by atomic mass is 10.4. The normalized spacial score (nSPS) is 16.6. The molecule has 1 fully saturated rings. The van der Waals surface area contributed by atoms with Crippen molar-refractivity contribution < 1.29 is 13.3 Å². The second kappa shape index (κ2) is 6.24. The molecule has 0 spiro atoms. The number of nitrogens with one attached hydrogen (secondary N) is 1. The number of sulfonamides is 1. The number of nitro groups is 1. The van der Waals surface area contributed by atoms with Crippen LogP contribution in [-0.4, -0.2) is 48.8 Å². The summed E-state index contributed by atoms with van der Waals surface area (Å²) in [5, 5.41) is 13.4. The van der Waals surface area contributed by atoms with Gasteiger partial charge in [0.15, 0.2) is 5.03 Å². The van der Waals surface area contributed by atoms with Gasteiger partial charge in [0.1, 0.15) is 6.20 Å². The minimum atomic E-state index is -3.64. The molecule has 0 aromatic carbocycles. The second-order valence-corrected chi connectivity index (χ2v) is 5.65. The minimum absolute atomic E-state index is 0. The highest BCUT2D eigenvalue weighted by Crippen LogP contribution is 2.16.